The van der Waals surface area contributed by atoms with Gasteiger partial charge in [0.25, 0.3) is 10.5 Å². The average Bonchev–Trinajstić information content (AvgIpc) is 2.53. The first-order valence-electron chi connectivity index (χ1n) is 6.45. The lowest BCUT2D eigenvalue weighted by Gasteiger charge is -2.24. The van der Waals surface area contributed by atoms with E-state index in [0.29, 0.717) is 5.56 Å². The van der Waals surface area contributed by atoms with Crippen molar-refractivity contribution in [1.82, 2.24) is 5.32 Å². The number of aliphatic hydroxyl groups excluding tert-OH is 1. The molecule has 0 aliphatic heterocycles. The summed E-state index contributed by atoms with van der Waals surface area (Å²) in [6.45, 7) is 0.193. The Hall–Kier alpha value is -1.72. The summed E-state index contributed by atoms with van der Waals surface area (Å²) in [5, 5.41) is 12.5. The van der Waals surface area contributed by atoms with Crippen molar-refractivity contribution in [2.75, 3.05) is 0 Å². The van der Waals surface area contributed by atoms with Crippen LogP contribution in [0.1, 0.15) is 17.2 Å². The largest absolute Gasteiger partial charge is 0.384 e. The van der Waals surface area contributed by atoms with Crippen LogP contribution in [0.15, 0.2) is 60.7 Å². The number of amides is 1. The van der Waals surface area contributed by atoms with Gasteiger partial charge in [0.1, 0.15) is 6.10 Å². The predicted molar refractivity (Wildman–Crippen MR) is 82.5 cm³/mol. The Bertz CT molecular complexity index is 590. The van der Waals surface area contributed by atoms with Crippen LogP contribution in [0.4, 0.5) is 4.39 Å². The summed E-state index contributed by atoms with van der Waals surface area (Å²) in [6.07, 6.45) is -1.59. The van der Waals surface area contributed by atoms with Crippen molar-refractivity contribution in [1.29, 1.82) is 0 Å². The average molecular weight is 352 g/mol. The number of carbonyl (C=O) groups excluding carboxylic acids is 1. The summed E-state index contributed by atoms with van der Waals surface area (Å²) < 4.78 is 11.9. The molecule has 0 heterocycles. The third kappa shape index (κ3) is 3.89. The zero-order valence-corrected chi connectivity index (χ0v) is 12.8. The second-order valence-electron chi connectivity index (χ2n) is 4.60. The van der Waals surface area contributed by atoms with Gasteiger partial charge in [0.2, 0.25) is 0 Å². The Morgan fingerprint density at radius 1 is 1.14 bits per heavy atom. The van der Waals surface area contributed by atoms with E-state index in [1.165, 1.54) is 0 Å². The molecule has 2 unspecified atom stereocenters. The Morgan fingerprint density at radius 2 is 1.67 bits per heavy atom. The second kappa shape index (κ2) is 6.83. The molecule has 2 aromatic carbocycles. The van der Waals surface area contributed by atoms with Gasteiger partial charge < -0.3 is 10.4 Å². The Labute approximate surface area is 130 Å². The van der Waals surface area contributed by atoms with Crippen LogP contribution in [-0.4, -0.2) is 15.6 Å². The molecule has 3 nitrogen and oxygen atoms in total. The first-order valence-corrected chi connectivity index (χ1v) is 7.24. The van der Waals surface area contributed by atoms with E-state index in [0.717, 1.165) is 5.56 Å². The summed E-state index contributed by atoms with van der Waals surface area (Å²) in [5.74, 6) is -0.914. The maximum absolute atomic E-state index is 14.5. The molecule has 0 aliphatic carbocycles. The van der Waals surface area contributed by atoms with Crippen molar-refractivity contribution in [3.63, 3.8) is 0 Å². The van der Waals surface area contributed by atoms with E-state index >= 15 is 0 Å². The van der Waals surface area contributed by atoms with Gasteiger partial charge in [-0.15, -0.1) is 0 Å². The summed E-state index contributed by atoms with van der Waals surface area (Å²) in [5.41, 5.74) is 1.18. The number of carbonyl (C=O) groups is 1. The molecule has 110 valence electrons. The summed E-state index contributed by atoms with van der Waals surface area (Å²) >= 11 is 2.69. The van der Waals surface area contributed by atoms with Gasteiger partial charge in [-0.2, -0.15) is 0 Å². The highest BCUT2D eigenvalue weighted by atomic mass is 79.9. The fourth-order valence-corrected chi connectivity index (χ4v) is 2.27. The number of hydrogen-bond acceptors (Lipinski definition) is 2. The molecule has 2 aromatic rings. The number of halogens is 2. The van der Waals surface area contributed by atoms with Crippen molar-refractivity contribution in [2.24, 2.45) is 0 Å². The number of nitrogens with one attached hydrogen (secondary N) is 1. The fourth-order valence-electron chi connectivity index (χ4n) is 1.86. The van der Waals surface area contributed by atoms with Gasteiger partial charge in [-0.1, -0.05) is 60.7 Å². The van der Waals surface area contributed by atoms with E-state index in [1.807, 2.05) is 30.3 Å². The molecule has 21 heavy (non-hydrogen) atoms. The van der Waals surface area contributed by atoms with Crippen molar-refractivity contribution < 1.29 is 14.3 Å². The third-order valence-corrected chi connectivity index (χ3v) is 3.85. The molecular formula is C16H15BrFNO2. The normalized spacial score (nSPS) is 15.0. The lowest BCUT2D eigenvalue weighted by Crippen LogP contribution is -2.42. The molecule has 0 radical (unpaired) electrons. The van der Waals surface area contributed by atoms with E-state index in [2.05, 4.69) is 21.2 Å². The molecule has 0 aliphatic rings. The minimum Gasteiger partial charge on any atom is -0.384 e. The van der Waals surface area contributed by atoms with Crippen LogP contribution in [0.25, 0.3) is 0 Å². The number of alkyl halides is 2. The van der Waals surface area contributed by atoms with Crippen molar-refractivity contribution >= 4 is 21.8 Å². The van der Waals surface area contributed by atoms with Crippen LogP contribution in [0.2, 0.25) is 0 Å². The second-order valence-corrected chi connectivity index (χ2v) is 5.76. The lowest BCUT2D eigenvalue weighted by atomic mass is 10.0. The molecule has 1 amide bonds. The van der Waals surface area contributed by atoms with E-state index in [-0.39, 0.29) is 6.54 Å². The lowest BCUT2D eigenvalue weighted by molar-refractivity contribution is -0.132. The number of hydrogen-bond donors (Lipinski definition) is 2. The highest BCUT2D eigenvalue weighted by molar-refractivity contribution is 9.10. The Kier molecular flexibility index (Phi) is 5.09. The van der Waals surface area contributed by atoms with E-state index in [9.17, 15) is 14.3 Å². The molecule has 0 aromatic heterocycles. The zero-order valence-electron chi connectivity index (χ0n) is 11.2. The van der Waals surface area contributed by atoms with Crippen molar-refractivity contribution in [3.8, 4) is 0 Å². The van der Waals surface area contributed by atoms with E-state index in [4.69, 9.17) is 0 Å². The Morgan fingerprint density at radius 3 is 2.24 bits per heavy atom. The van der Waals surface area contributed by atoms with Crippen LogP contribution in [-0.2, 0) is 11.3 Å². The fraction of sp³-hybridized carbons (Fsp3) is 0.188. The van der Waals surface area contributed by atoms with Gasteiger partial charge in [-0.25, -0.2) is 4.39 Å². The van der Waals surface area contributed by atoms with Crippen molar-refractivity contribution in [2.45, 2.75) is 17.2 Å². The summed E-state index contributed by atoms with van der Waals surface area (Å²) in [7, 11) is 0. The van der Waals surface area contributed by atoms with Crippen LogP contribution < -0.4 is 5.32 Å². The van der Waals surface area contributed by atoms with Gasteiger partial charge in [-0.05, 0) is 27.1 Å². The van der Waals surface area contributed by atoms with Gasteiger partial charge in [0.05, 0.1) is 0 Å². The highest BCUT2D eigenvalue weighted by Gasteiger charge is 2.44. The predicted octanol–water partition coefficient (Wildman–Crippen LogP) is 3.10. The molecule has 0 fully saturated rings. The maximum Gasteiger partial charge on any atom is 0.272 e. The molecule has 0 spiro atoms. The van der Waals surface area contributed by atoms with E-state index in [1.54, 1.807) is 30.3 Å². The summed E-state index contributed by atoms with van der Waals surface area (Å²) in [4.78, 5) is 12.0. The smallest absolute Gasteiger partial charge is 0.272 e. The molecule has 0 saturated heterocycles. The third-order valence-electron chi connectivity index (χ3n) is 3.06. The quantitative estimate of drug-likeness (QED) is 0.813. The topological polar surface area (TPSA) is 49.3 Å². The number of aliphatic hydroxyl groups is 1. The van der Waals surface area contributed by atoms with Crippen LogP contribution in [0, 0.1) is 0 Å². The first-order chi connectivity index (χ1) is 10.0. The standard InChI is InChI=1S/C16H15BrFNO2/c17-16(18,14(20)13-9-5-2-6-10-13)15(21)19-11-12-7-3-1-4-8-12/h1-10,14,20H,11H2,(H,19,21). The summed E-state index contributed by atoms with van der Waals surface area (Å²) in [6, 6.07) is 17.4. The van der Waals surface area contributed by atoms with Gasteiger partial charge in [0.15, 0.2) is 0 Å². The van der Waals surface area contributed by atoms with Crippen molar-refractivity contribution in [3.05, 3.63) is 71.8 Å². The minimum absolute atomic E-state index is 0.193. The highest BCUT2D eigenvalue weighted by Crippen LogP contribution is 2.35. The molecule has 0 saturated carbocycles. The van der Waals surface area contributed by atoms with Gasteiger partial charge in [0, 0.05) is 6.54 Å². The maximum atomic E-state index is 14.5. The van der Waals surface area contributed by atoms with Gasteiger partial charge in [-0.3, -0.25) is 4.79 Å². The SMILES string of the molecule is O=C(NCc1ccccc1)C(F)(Br)C(O)c1ccccc1. The zero-order chi connectivity index (χ0) is 15.3. The molecule has 2 N–H and O–H groups in total. The molecular weight excluding hydrogens is 337 g/mol. The van der Waals surface area contributed by atoms with E-state index < -0.39 is 16.6 Å². The first kappa shape index (κ1) is 15.7. The monoisotopic (exact) mass is 351 g/mol. The molecule has 2 rings (SSSR count). The molecule has 0 bridgehead atoms. The van der Waals surface area contributed by atoms with Gasteiger partial charge >= 0.3 is 0 Å². The Balaban J connectivity index is 2.03. The van der Waals surface area contributed by atoms with Crippen LogP contribution >= 0.6 is 15.9 Å². The minimum atomic E-state index is -2.58. The molecule has 2 atom stereocenters. The van der Waals surface area contributed by atoms with Crippen LogP contribution in [0.3, 0.4) is 0 Å². The number of benzene rings is 2. The van der Waals surface area contributed by atoms with Crippen LogP contribution in [0.5, 0.6) is 0 Å². The molecule has 5 heteroatoms. The number of rotatable bonds is 5.